The molecule has 1 fully saturated rings. The van der Waals surface area contributed by atoms with E-state index >= 15 is 0 Å². The topological polar surface area (TPSA) is 35.2 Å². The normalized spacial score (nSPS) is 31.3. The summed E-state index contributed by atoms with van der Waals surface area (Å²) in [4.78, 5) is 0. The van der Waals surface area contributed by atoms with Crippen molar-refractivity contribution in [3.8, 4) is 5.75 Å². The predicted octanol–water partition coefficient (Wildman–Crippen LogP) is 3.92. The molecule has 0 amide bonds. The lowest BCUT2D eigenvalue weighted by Gasteiger charge is -2.41. The predicted molar refractivity (Wildman–Crippen MR) is 80.5 cm³/mol. The van der Waals surface area contributed by atoms with Crippen molar-refractivity contribution < 1.29 is 4.74 Å². The monoisotopic (exact) mass is 261 g/mol. The number of nitrogens with two attached hydrogens (primary N) is 1. The van der Waals surface area contributed by atoms with Gasteiger partial charge in [0.15, 0.2) is 0 Å². The summed E-state index contributed by atoms with van der Waals surface area (Å²) in [5.41, 5.74) is 10.2. The molecule has 1 aromatic carbocycles. The molecule has 1 aliphatic carbocycles. The highest BCUT2D eigenvalue weighted by molar-refractivity contribution is 5.48. The third-order valence-corrected chi connectivity index (χ3v) is 5.12. The summed E-state index contributed by atoms with van der Waals surface area (Å²) >= 11 is 0. The molecule has 1 saturated carbocycles. The largest absolute Gasteiger partial charge is 0.496 e. The lowest BCUT2D eigenvalue weighted by atomic mass is 9.68. The second kappa shape index (κ2) is 5.16. The Hall–Kier alpha value is -1.02. The van der Waals surface area contributed by atoms with Gasteiger partial charge in [0.25, 0.3) is 0 Å². The van der Waals surface area contributed by atoms with Gasteiger partial charge in [0.05, 0.1) is 7.11 Å². The van der Waals surface area contributed by atoms with Gasteiger partial charge in [0.2, 0.25) is 0 Å². The Kier molecular flexibility index (Phi) is 3.91. The van der Waals surface area contributed by atoms with Gasteiger partial charge in [0, 0.05) is 11.1 Å². The van der Waals surface area contributed by atoms with Crippen LogP contribution >= 0.6 is 0 Å². The van der Waals surface area contributed by atoms with E-state index < -0.39 is 0 Å². The van der Waals surface area contributed by atoms with Gasteiger partial charge in [-0.2, -0.15) is 0 Å². The summed E-state index contributed by atoms with van der Waals surface area (Å²) in [6.07, 6.45) is 3.30. The van der Waals surface area contributed by atoms with Gasteiger partial charge in [-0.05, 0) is 56.1 Å². The maximum absolute atomic E-state index is 6.75. The Labute approximate surface area is 117 Å². The summed E-state index contributed by atoms with van der Waals surface area (Å²) in [6.45, 7) is 8.90. The summed E-state index contributed by atoms with van der Waals surface area (Å²) in [5.74, 6) is 2.43. The summed E-state index contributed by atoms with van der Waals surface area (Å²) < 4.78 is 5.66. The summed E-state index contributed by atoms with van der Waals surface area (Å²) in [7, 11) is 1.75. The average Bonchev–Trinajstić information content (AvgIpc) is 2.37. The summed E-state index contributed by atoms with van der Waals surface area (Å²) in [6, 6.07) is 4.34. The average molecular weight is 261 g/mol. The van der Waals surface area contributed by atoms with E-state index in [-0.39, 0.29) is 5.54 Å². The van der Waals surface area contributed by atoms with Crippen molar-refractivity contribution in [2.24, 2.45) is 17.6 Å². The van der Waals surface area contributed by atoms with Crippen LogP contribution in [0.25, 0.3) is 0 Å². The van der Waals surface area contributed by atoms with Crippen molar-refractivity contribution in [1.82, 2.24) is 0 Å². The second-order valence-corrected chi connectivity index (χ2v) is 6.44. The van der Waals surface area contributed by atoms with Crippen LogP contribution in [0.1, 0.15) is 49.8 Å². The molecule has 3 atom stereocenters. The van der Waals surface area contributed by atoms with E-state index in [1.165, 1.54) is 23.1 Å². The van der Waals surface area contributed by atoms with Crippen LogP contribution in [0, 0.1) is 25.7 Å². The molecule has 0 heterocycles. The first kappa shape index (κ1) is 14.4. The zero-order chi connectivity index (χ0) is 14.2. The molecule has 1 aliphatic rings. The smallest absolute Gasteiger partial charge is 0.127 e. The van der Waals surface area contributed by atoms with Gasteiger partial charge in [-0.3, -0.25) is 0 Å². The first-order valence-electron chi connectivity index (χ1n) is 7.32. The molecule has 0 aliphatic heterocycles. The molecule has 3 unspecified atom stereocenters. The Balaban J connectivity index is 2.44. The van der Waals surface area contributed by atoms with E-state index in [1.54, 1.807) is 7.11 Å². The number of benzene rings is 1. The van der Waals surface area contributed by atoms with Crippen molar-refractivity contribution in [3.63, 3.8) is 0 Å². The molecule has 1 aromatic rings. The zero-order valence-electron chi connectivity index (χ0n) is 12.9. The lowest BCUT2D eigenvalue weighted by Crippen LogP contribution is -2.43. The number of aryl methyl sites for hydroxylation is 1. The maximum Gasteiger partial charge on any atom is 0.127 e. The van der Waals surface area contributed by atoms with E-state index in [0.717, 1.165) is 24.5 Å². The minimum absolute atomic E-state index is 0.226. The van der Waals surface area contributed by atoms with Gasteiger partial charge in [-0.1, -0.05) is 26.0 Å². The number of hydrogen-bond acceptors (Lipinski definition) is 2. The fourth-order valence-corrected chi connectivity index (χ4v) is 3.34. The van der Waals surface area contributed by atoms with Gasteiger partial charge in [-0.15, -0.1) is 0 Å². The van der Waals surface area contributed by atoms with Crippen LogP contribution in [0.5, 0.6) is 5.75 Å². The van der Waals surface area contributed by atoms with Gasteiger partial charge in [0.1, 0.15) is 5.75 Å². The molecular weight excluding hydrogens is 234 g/mol. The summed E-state index contributed by atoms with van der Waals surface area (Å²) in [5, 5.41) is 0. The molecule has 2 N–H and O–H groups in total. The zero-order valence-corrected chi connectivity index (χ0v) is 12.9. The third kappa shape index (κ3) is 2.51. The minimum Gasteiger partial charge on any atom is -0.496 e. The number of methoxy groups -OCH3 is 1. The Morgan fingerprint density at radius 1 is 1.21 bits per heavy atom. The molecule has 0 spiro atoms. The highest BCUT2D eigenvalue weighted by atomic mass is 16.5. The molecule has 2 rings (SSSR count). The van der Waals surface area contributed by atoms with Crippen LogP contribution in [0.3, 0.4) is 0 Å². The molecule has 19 heavy (non-hydrogen) atoms. The quantitative estimate of drug-likeness (QED) is 0.875. The van der Waals surface area contributed by atoms with Crippen LogP contribution in [0.15, 0.2) is 12.1 Å². The van der Waals surface area contributed by atoms with E-state index in [2.05, 4.69) is 39.8 Å². The number of ether oxygens (including phenoxy) is 1. The maximum atomic E-state index is 6.75. The number of hydrogen-bond donors (Lipinski definition) is 1. The molecule has 0 radical (unpaired) electrons. The second-order valence-electron chi connectivity index (χ2n) is 6.44. The molecule has 2 nitrogen and oxygen atoms in total. The lowest BCUT2D eigenvalue weighted by molar-refractivity contribution is 0.173. The van der Waals surface area contributed by atoms with Gasteiger partial charge < -0.3 is 10.5 Å². The van der Waals surface area contributed by atoms with Crippen LogP contribution in [0.4, 0.5) is 0 Å². The van der Waals surface area contributed by atoms with Crippen molar-refractivity contribution in [3.05, 3.63) is 28.8 Å². The molecule has 0 aromatic heterocycles. The first-order valence-corrected chi connectivity index (χ1v) is 7.32. The van der Waals surface area contributed by atoms with E-state index in [4.69, 9.17) is 10.5 Å². The van der Waals surface area contributed by atoms with Crippen LogP contribution in [-0.2, 0) is 5.54 Å². The van der Waals surface area contributed by atoms with Crippen LogP contribution < -0.4 is 10.5 Å². The van der Waals surface area contributed by atoms with Gasteiger partial charge in [-0.25, -0.2) is 0 Å². The first-order chi connectivity index (χ1) is 8.89. The number of rotatable bonds is 2. The molecule has 0 bridgehead atoms. The third-order valence-electron chi connectivity index (χ3n) is 5.12. The van der Waals surface area contributed by atoms with Crippen LogP contribution in [-0.4, -0.2) is 7.11 Å². The Morgan fingerprint density at radius 3 is 2.47 bits per heavy atom. The molecule has 0 saturated heterocycles. The van der Waals surface area contributed by atoms with E-state index in [0.29, 0.717) is 5.92 Å². The highest BCUT2D eigenvalue weighted by Crippen LogP contribution is 2.44. The highest BCUT2D eigenvalue weighted by Gasteiger charge is 2.38. The standard InChI is InChI=1S/C17H27NO/c1-11-8-9-17(18,10-13(11)3)15-7-6-12(2)14(4)16(15)19-5/h6-7,11,13H,8-10,18H2,1-5H3. The molecular formula is C17H27NO. The van der Waals surface area contributed by atoms with Crippen molar-refractivity contribution in [2.75, 3.05) is 7.11 Å². The fourth-order valence-electron chi connectivity index (χ4n) is 3.34. The van der Waals surface area contributed by atoms with E-state index in [9.17, 15) is 0 Å². The SMILES string of the molecule is COc1c(C2(N)CCC(C)C(C)C2)ccc(C)c1C. The Bertz CT molecular complexity index is 469. The fraction of sp³-hybridized carbons (Fsp3) is 0.647. The van der Waals surface area contributed by atoms with Gasteiger partial charge >= 0.3 is 0 Å². The molecule has 2 heteroatoms. The van der Waals surface area contributed by atoms with Crippen LogP contribution in [0.2, 0.25) is 0 Å². The van der Waals surface area contributed by atoms with Crippen molar-refractivity contribution in [2.45, 2.75) is 52.5 Å². The van der Waals surface area contributed by atoms with Crippen molar-refractivity contribution >= 4 is 0 Å². The van der Waals surface area contributed by atoms with Crippen molar-refractivity contribution in [1.29, 1.82) is 0 Å². The minimum atomic E-state index is -0.226. The molecule has 106 valence electrons. The Morgan fingerprint density at radius 2 is 1.89 bits per heavy atom. The van der Waals surface area contributed by atoms with E-state index in [1.807, 2.05) is 0 Å².